The van der Waals surface area contributed by atoms with Crippen molar-refractivity contribution in [3.05, 3.63) is 29.8 Å². The van der Waals surface area contributed by atoms with Crippen LogP contribution in [0.5, 0.6) is 5.75 Å². The quantitative estimate of drug-likeness (QED) is 0.734. The normalized spacial score (nSPS) is 19.6. The third-order valence-electron chi connectivity index (χ3n) is 3.55. The summed E-state index contributed by atoms with van der Waals surface area (Å²) in [5, 5.41) is 0. The van der Waals surface area contributed by atoms with Gasteiger partial charge in [-0.25, -0.2) is 0 Å². The summed E-state index contributed by atoms with van der Waals surface area (Å²) in [6.45, 7) is 3.14. The Morgan fingerprint density at radius 2 is 2.16 bits per heavy atom. The minimum atomic E-state index is 0.121. The summed E-state index contributed by atoms with van der Waals surface area (Å²) in [5.41, 5.74) is 0.667. The molecule has 0 aliphatic carbocycles. The molecule has 1 heterocycles. The van der Waals surface area contributed by atoms with Gasteiger partial charge in [0.15, 0.2) is 5.78 Å². The van der Waals surface area contributed by atoms with Crippen molar-refractivity contribution in [1.82, 2.24) is 4.90 Å². The van der Waals surface area contributed by atoms with Gasteiger partial charge >= 0.3 is 0 Å². The van der Waals surface area contributed by atoms with Crippen LogP contribution in [0.25, 0.3) is 0 Å². The maximum atomic E-state index is 12.3. The monoisotopic (exact) mass is 263 g/mol. The molecule has 1 unspecified atom stereocenters. The zero-order chi connectivity index (χ0) is 13.7. The molecule has 19 heavy (non-hydrogen) atoms. The fourth-order valence-corrected chi connectivity index (χ4v) is 2.59. The summed E-state index contributed by atoms with van der Waals surface area (Å²) < 4.78 is 10.4. The number of ketones is 1. The summed E-state index contributed by atoms with van der Waals surface area (Å²) in [4.78, 5) is 14.5. The SMILES string of the molecule is COCC1CCN(CC(=O)c2ccccc2OC)C1. The Hall–Kier alpha value is -1.39. The first-order valence-corrected chi connectivity index (χ1v) is 6.62. The summed E-state index contributed by atoms with van der Waals surface area (Å²) in [5.74, 6) is 1.33. The molecule has 1 aliphatic rings. The predicted octanol–water partition coefficient (Wildman–Crippen LogP) is 1.85. The first-order valence-electron chi connectivity index (χ1n) is 6.62. The van der Waals surface area contributed by atoms with Crippen molar-refractivity contribution in [2.75, 3.05) is 40.5 Å². The van der Waals surface area contributed by atoms with E-state index in [1.165, 1.54) is 0 Å². The van der Waals surface area contributed by atoms with Gasteiger partial charge in [-0.2, -0.15) is 0 Å². The summed E-state index contributed by atoms with van der Waals surface area (Å²) in [7, 11) is 3.32. The topological polar surface area (TPSA) is 38.8 Å². The molecule has 1 aromatic rings. The van der Waals surface area contributed by atoms with Crippen molar-refractivity contribution in [1.29, 1.82) is 0 Å². The van der Waals surface area contributed by atoms with E-state index in [4.69, 9.17) is 9.47 Å². The van der Waals surface area contributed by atoms with E-state index in [1.54, 1.807) is 14.2 Å². The highest BCUT2D eigenvalue weighted by atomic mass is 16.5. The maximum absolute atomic E-state index is 12.3. The van der Waals surface area contributed by atoms with Gasteiger partial charge in [-0.3, -0.25) is 9.69 Å². The molecule has 0 N–H and O–H groups in total. The average Bonchev–Trinajstić information content (AvgIpc) is 2.86. The molecule has 2 rings (SSSR count). The zero-order valence-corrected chi connectivity index (χ0v) is 11.6. The molecule has 1 fully saturated rings. The van der Waals surface area contributed by atoms with Gasteiger partial charge in [0.05, 0.1) is 25.8 Å². The van der Waals surface area contributed by atoms with E-state index in [2.05, 4.69) is 4.90 Å². The molecule has 0 aromatic heterocycles. The third kappa shape index (κ3) is 3.55. The Balaban J connectivity index is 1.94. The lowest BCUT2D eigenvalue weighted by Gasteiger charge is -2.16. The van der Waals surface area contributed by atoms with Gasteiger partial charge in [0.25, 0.3) is 0 Å². The van der Waals surface area contributed by atoms with E-state index in [9.17, 15) is 4.79 Å². The molecule has 4 nitrogen and oxygen atoms in total. The predicted molar refractivity (Wildman–Crippen MR) is 73.7 cm³/mol. The van der Waals surface area contributed by atoms with Crippen LogP contribution in [-0.2, 0) is 4.74 Å². The van der Waals surface area contributed by atoms with Crippen molar-refractivity contribution < 1.29 is 14.3 Å². The molecule has 1 atom stereocenters. The largest absolute Gasteiger partial charge is 0.496 e. The van der Waals surface area contributed by atoms with Gasteiger partial charge in [0.2, 0.25) is 0 Å². The smallest absolute Gasteiger partial charge is 0.180 e. The maximum Gasteiger partial charge on any atom is 0.180 e. The number of benzene rings is 1. The van der Waals surface area contributed by atoms with Crippen molar-refractivity contribution >= 4 is 5.78 Å². The van der Waals surface area contributed by atoms with Crippen molar-refractivity contribution in [3.8, 4) is 5.75 Å². The molecule has 1 aromatic carbocycles. The Morgan fingerprint density at radius 3 is 2.89 bits per heavy atom. The Labute approximate surface area is 114 Å². The third-order valence-corrected chi connectivity index (χ3v) is 3.55. The molecule has 0 bridgehead atoms. The number of methoxy groups -OCH3 is 2. The molecule has 0 spiro atoms. The highest BCUT2D eigenvalue weighted by Crippen LogP contribution is 2.20. The molecule has 4 heteroatoms. The molecule has 0 saturated carbocycles. The molecular weight excluding hydrogens is 242 g/mol. The molecule has 1 saturated heterocycles. The molecular formula is C15H21NO3. The lowest BCUT2D eigenvalue weighted by molar-refractivity contribution is 0.0934. The molecule has 0 amide bonds. The van der Waals surface area contributed by atoms with E-state index in [0.29, 0.717) is 23.8 Å². The number of rotatable bonds is 6. The van der Waals surface area contributed by atoms with E-state index < -0.39 is 0 Å². The Morgan fingerprint density at radius 1 is 1.37 bits per heavy atom. The van der Waals surface area contributed by atoms with Crippen molar-refractivity contribution in [2.45, 2.75) is 6.42 Å². The van der Waals surface area contributed by atoms with Gasteiger partial charge in [0.1, 0.15) is 5.75 Å². The van der Waals surface area contributed by atoms with Gasteiger partial charge < -0.3 is 9.47 Å². The van der Waals surface area contributed by atoms with Crippen molar-refractivity contribution in [3.63, 3.8) is 0 Å². The number of likely N-dealkylation sites (tertiary alicyclic amines) is 1. The van der Waals surface area contributed by atoms with Crippen molar-refractivity contribution in [2.24, 2.45) is 5.92 Å². The fraction of sp³-hybridized carbons (Fsp3) is 0.533. The van der Waals surface area contributed by atoms with Gasteiger partial charge in [-0.1, -0.05) is 12.1 Å². The number of carbonyl (C=O) groups is 1. The Kier molecular flexibility index (Phi) is 4.93. The van der Waals surface area contributed by atoms with Crippen LogP contribution < -0.4 is 4.74 Å². The van der Waals surface area contributed by atoms with Crippen LogP contribution >= 0.6 is 0 Å². The van der Waals surface area contributed by atoms with Crippen LogP contribution in [0, 0.1) is 5.92 Å². The zero-order valence-electron chi connectivity index (χ0n) is 11.6. The summed E-state index contributed by atoms with van der Waals surface area (Å²) in [6, 6.07) is 7.39. The Bertz CT molecular complexity index is 433. The summed E-state index contributed by atoms with van der Waals surface area (Å²) in [6.07, 6.45) is 1.10. The lowest BCUT2D eigenvalue weighted by atomic mass is 10.1. The van der Waals surface area contributed by atoms with Crippen LogP contribution in [0.1, 0.15) is 16.8 Å². The highest BCUT2D eigenvalue weighted by molar-refractivity contribution is 6.00. The standard InChI is InChI=1S/C15H21NO3/c1-18-11-12-7-8-16(9-12)10-14(17)13-5-3-4-6-15(13)19-2/h3-6,12H,7-11H2,1-2H3. The minimum Gasteiger partial charge on any atom is -0.496 e. The number of para-hydroxylation sites is 1. The molecule has 1 aliphatic heterocycles. The van der Waals surface area contributed by atoms with E-state index in [-0.39, 0.29) is 5.78 Å². The number of nitrogens with zero attached hydrogens (tertiary/aromatic N) is 1. The fourth-order valence-electron chi connectivity index (χ4n) is 2.59. The van der Waals surface area contributed by atoms with E-state index >= 15 is 0 Å². The molecule has 0 radical (unpaired) electrons. The number of carbonyl (C=O) groups excluding carboxylic acids is 1. The van der Waals surface area contributed by atoms with Gasteiger partial charge in [-0.15, -0.1) is 0 Å². The number of Topliss-reactive ketones (excluding diaryl/α,β-unsaturated/α-hetero) is 1. The van der Waals surface area contributed by atoms with E-state index in [0.717, 1.165) is 26.1 Å². The second kappa shape index (κ2) is 6.68. The average molecular weight is 263 g/mol. The van der Waals surface area contributed by atoms with Crippen LogP contribution in [0.4, 0.5) is 0 Å². The van der Waals surface area contributed by atoms with E-state index in [1.807, 2.05) is 24.3 Å². The van der Waals surface area contributed by atoms with Crippen LogP contribution in [0.3, 0.4) is 0 Å². The first-order chi connectivity index (χ1) is 9.24. The van der Waals surface area contributed by atoms with Crippen LogP contribution in [-0.4, -0.2) is 51.1 Å². The van der Waals surface area contributed by atoms with Crippen LogP contribution in [0.15, 0.2) is 24.3 Å². The second-order valence-electron chi connectivity index (χ2n) is 4.97. The summed E-state index contributed by atoms with van der Waals surface area (Å²) >= 11 is 0. The minimum absolute atomic E-state index is 0.121. The van der Waals surface area contributed by atoms with Crippen LogP contribution in [0.2, 0.25) is 0 Å². The number of ether oxygens (including phenoxy) is 2. The highest BCUT2D eigenvalue weighted by Gasteiger charge is 2.24. The molecule has 104 valence electrons. The van der Waals surface area contributed by atoms with Gasteiger partial charge in [-0.05, 0) is 31.0 Å². The number of hydrogen-bond acceptors (Lipinski definition) is 4. The number of hydrogen-bond donors (Lipinski definition) is 0. The lowest BCUT2D eigenvalue weighted by Crippen LogP contribution is -2.28. The first kappa shape index (κ1) is 14.0. The van der Waals surface area contributed by atoms with Gasteiger partial charge in [0, 0.05) is 13.7 Å². The second-order valence-corrected chi connectivity index (χ2v) is 4.97.